The lowest BCUT2D eigenvalue weighted by atomic mass is 10.1. The summed E-state index contributed by atoms with van der Waals surface area (Å²) in [5.41, 5.74) is 2.68. The Morgan fingerprint density at radius 1 is 1.31 bits per heavy atom. The summed E-state index contributed by atoms with van der Waals surface area (Å²) < 4.78 is 6.68. The van der Waals surface area contributed by atoms with Gasteiger partial charge in [0.2, 0.25) is 0 Å². The topological polar surface area (TPSA) is 110 Å². The number of aryl methyl sites for hydroxylation is 2. The Kier molecular flexibility index (Phi) is 5.01. The van der Waals surface area contributed by atoms with Crippen molar-refractivity contribution in [2.24, 2.45) is 7.05 Å². The molecule has 8 heteroatoms. The number of carbonyl (C=O) groups is 1. The molecule has 3 aromatic rings. The number of aliphatic carboxylic acids is 1. The van der Waals surface area contributed by atoms with Gasteiger partial charge in [-0.3, -0.25) is 9.48 Å². The molecule has 0 saturated carbocycles. The summed E-state index contributed by atoms with van der Waals surface area (Å²) in [7, 11) is 1.74. The van der Waals surface area contributed by atoms with Crippen LogP contribution >= 0.6 is 0 Å². The van der Waals surface area contributed by atoms with E-state index in [1.54, 1.807) is 23.9 Å². The molecular weight excluding hydrogens is 336 g/mol. The summed E-state index contributed by atoms with van der Waals surface area (Å²) in [5, 5.41) is 13.0. The molecule has 0 radical (unpaired) electrons. The van der Waals surface area contributed by atoms with Crippen LogP contribution in [0.1, 0.15) is 30.4 Å². The van der Waals surface area contributed by atoms with E-state index in [9.17, 15) is 9.59 Å². The second-order valence-electron chi connectivity index (χ2n) is 6.03. The number of hydrogen-bond acceptors (Lipinski definition) is 5. The average Bonchev–Trinajstić information content (AvgIpc) is 2.91. The van der Waals surface area contributed by atoms with Crippen LogP contribution in [0.4, 0.5) is 0 Å². The third-order valence-electron chi connectivity index (χ3n) is 3.96. The van der Waals surface area contributed by atoms with Gasteiger partial charge in [0.1, 0.15) is 17.1 Å². The maximum atomic E-state index is 12.4. The number of aromatic nitrogens is 4. The molecule has 8 nitrogen and oxygen atoms in total. The Morgan fingerprint density at radius 3 is 2.69 bits per heavy atom. The molecule has 0 bridgehead atoms. The van der Waals surface area contributed by atoms with Crippen molar-refractivity contribution in [2.45, 2.75) is 26.2 Å². The first-order chi connectivity index (χ1) is 12.5. The number of nitrogens with one attached hydrogen (secondary N) is 1. The van der Waals surface area contributed by atoms with Crippen LogP contribution in [0.5, 0.6) is 5.75 Å². The van der Waals surface area contributed by atoms with E-state index < -0.39 is 5.97 Å². The molecule has 136 valence electrons. The van der Waals surface area contributed by atoms with Gasteiger partial charge in [-0.2, -0.15) is 5.10 Å². The summed E-state index contributed by atoms with van der Waals surface area (Å²) in [6.07, 6.45) is 2.14. The number of carboxylic acids is 1. The maximum Gasteiger partial charge on any atom is 0.341 e. The minimum Gasteiger partial charge on any atom is -0.482 e. The van der Waals surface area contributed by atoms with Gasteiger partial charge in [-0.05, 0) is 24.1 Å². The molecule has 0 atom stereocenters. The first kappa shape index (κ1) is 17.7. The number of rotatable bonds is 7. The predicted molar refractivity (Wildman–Crippen MR) is 95.5 cm³/mol. The minimum atomic E-state index is -1.02. The molecule has 0 saturated heterocycles. The summed E-state index contributed by atoms with van der Waals surface area (Å²) in [6.45, 7) is 1.68. The van der Waals surface area contributed by atoms with Crippen molar-refractivity contribution in [1.82, 2.24) is 19.7 Å². The number of aromatic amines is 1. The first-order valence-corrected chi connectivity index (χ1v) is 8.36. The van der Waals surface area contributed by atoms with Crippen molar-refractivity contribution in [3.63, 3.8) is 0 Å². The normalized spacial score (nSPS) is 11.0. The van der Waals surface area contributed by atoms with Gasteiger partial charge in [0, 0.05) is 13.5 Å². The van der Waals surface area contributed by atoms with E-state index in [1.165, 1.54) is 0 Å². The molecule has 0 amide bonds. The molecule has 2 heterocycles. The highest BCUT2D eigenvalue weighted by molar-refractivity contribution is 5.76. The van der Waals surface area contributed by atoms with Gasteiger partial charge in [-0.25, -0.2) is 9.78 Å². The van der Waals surface area contributed by atoms with Crippen LogP contribution in [0.25, 0.3) is 11.0 Å². The molecular formula is C18H20N4O4. The zero-order chi connectivity index (χ0) is 18.7. The Labute approximate surface area is 149 Å². The summed E-state index contributed by atoms with van der Waals surface area (Å²) in [6, 6.07) is 7.03. The van der Waals surface area contributed by atoms with Gasteiger partial charge in [0.25, 0.3) is 5.56 Å². The van der Waals surface area contributed by atoms with E-state index in [1.807, 2.05) is 12.1 Å². The van der Waals surface area contributed by atoms with Crippen LogP contribution < -0.4 is 10.3 Å². The van der Waals surface area contributed by atoms with Gasteiger partial charge in [-0.15, -0.1) is 0 Å². The van der Waals surface area contributed by atoms with Crippen molar-refractivity contribution >= 4 is 17.0 Å². The van der Waals surface area contributed by atoms with Gasteiger partial charge < -0.3 is 14.8 Å². The van der Waals surface area contributed by atoms with Crippen molar-refractivity contribution in [2.75, 3.05) is 6.61 Å². The lowest BCUT2D eigenvalue weighted by Gasteiger charge is -2.05. The third kappa shape index (κ3) is 3.74. The molecule has 26 heavy (non-hydrogen) atoms. The number of nitrogens with zero attached hydrogens (tertiary/aromatic N) is 3. The van der Waals surface area contributed by atoms with Crippen molar-refractivity contribution in [3.05, 3.63) is 51.7 Å². The Bertz CT molecular complexity index is 989. The minimum absolute atomic E-state index is 0.205. The number of ether oxygens (including phenoxy) is 1. The number of fused-ring (bicyclic) bond motifs is 1. The van der Waals surface area contributed by atoms with E-state index in [0.29, 0.717) is 29.0 Å². The number of H-pyrrole nitrogens is 1. The summed E-state index contributed by atoms with van der Waals surface area (Å²) in [5.74, 6) is 0.0149. The number of benzene rings is 1. The SMILES string of the molecule is CCCc1nn(C)c2c(=O)[nH]c(Cc3ccc(OCC(=O)O)cc3)nc12. The highest BCUT2D eigenvalue weighted by Crippen LogP contribution is 2.17. The van der Waals surface area contributed by atoms with Gasteiger partial charge >= 0.3 is 5.97 Å². The van der Waals surface area contributed by atoms with E-state index in [4.69, 9.17) is 9.84 Å². The molecule has 0 unspecified atom stereocenters. The van der Waals surface area contributed by atoms with Crippen molar-refractivity contribution in [3.8, 4) is 5.75 Å². The second-order valence-corrected chi connectivity index (χ2v) is 6.03. The van der Waals surface area contributed by atoms with Gasteiger partial charge in [0.05, 0.1) is 5.69 Å². The zero-order valence-corrected chi connectivity index (χ0v) is 14.7. The monoisotopic (exact) mass is 356 g/mol. The smallest absolute Gasteiger partial charge is 0.341 e. The zero-order valence-electron chi connectivity index (χ0n) is 14.7. The molecule has 0 aliphatic heterocycles. The fourth-order valence-electron chi connectivity index (χ4n) is 2.82. The number of hydrogen-bond donors (Lipinski definition) is 2. The average molecular weight is 356 g/mol. The van der Waals surface area contributed by atoms with E-state index in [2.05, 4.69) is 22.0 Å². The Morgan fingerprint density at radius 2 is 2.04 bits per heavy atom. The first-order valence-electron chi connectivity index (χ1n) is 8.36. The van der Waals surface area contributed by atoms with Crippen LogP contribution in [-0.4, -0.2) is 37.4 Å². The number of carboxylic acid groups (broad SMARTS) is 1. The Balaban J connectivity index is 1.85. The molecule has 0 aliphatic carbocycles. The van der Waals surface area contributed by atoms with Gasteiger partial charge in [0.15, 0.2) is 12.1 Å². The fraction of sp³-hybridized carbons (Fsp3) is 0.333. The standard InChI is InChI=1S/C18H20N4O4/c1-3-4-13-16-17(22(2)21-13)18(25)20-14(19-16)9-11-5-7-12(8-6-11)26-10-15(23)24/h5-8H,3-4,9-10H2,1-2H3,(H,23,24)(H,19,20,25). The molecule has 3 rings (SSSR count). The Hall–Kier alpha value is -3.16. The van der Waals surface area contributed by atoms with Crippen LogP contribution in [0.3, 0.4) is 0 Å². The highest BCUT2D eigenvalue weighted by atomic mass is 16.5. The second kappa shape index (κ2) is 7.38. The van der Waals surface area contributed by atoms with E-state index in [0.717, 1.165) is 24.1 Å². The quantitative estimate of drug-likeness (QED) is 0.666. The fourth-order valence-corrected chi connectivity index (χ4v) is 2.82. The third-order valence-corrected chi connectivity index (χ3v) is 3.96. The van der Waals surface area contributed by atoms with E-state index in [-0.39, 0.29) is 12.2 Å². The van der Waals surface area contributed by atoms with Crippen LogP contribution in [0, 0.1) is 0 Å². The molecule has 1 aromatic carbocycles. The lowest BCUT2D eigenvalue weighted by Crippen LogP contribution is -2.14. The highest BCUT2D eigenvalue weighted by Gasteiger charge is 2.14. The molecule has 0 fully saturated rings. The molecule has 2 aromatic heterocycles. The van der Waals surface area contributed by atoms with E-state index >= 15 is 0 Å². The lowest BCUT2D eigenvalue weighted by molar-refractivity contribution is -0.139. The summed E-state index contributed by atoms with van der Waals surface area (Å²) >= 11 is 0. The largest absolute Gasteiger partial charge is 0.482 e. The summed E-state index contributed by atoms with van der Waals surface area (Å²) in [4.78, 5) is 30.3. The predicted octanol–water partition coefficient (Wildman–Crippen LogP) is 1.66. The molecule has 2 N–H and O–H groups in total. The van der Waals surface area contributed by atoms with Crippen molar-refractivity contribution in [1.29, 1.82) is 0 Å². The maximum absolute atomic E-state index is 12.4. The van der Waals surface area contributed by atoms with Crippen LogP contribution in [0.2, 0.25) is 0 Å². The van der Waals surface area contributed by atoms with Gasteiger partial charge in [-0.1, -0.05) is 25.5 Å². The molecule has 0 spiro atoms. The van der Waals surface area contributed by atoms with Crippen molar-refractivity contribution < 1.29 is 14.6 Å². The molecule has 0 aliphatic rings. The van der Waals surface area contributed by atoms with Crippen LogP contribution in [0.15, 0.2) is 29.1 Å². The van der Waals surface area contributed by atoms with Crippen LogP contribution in [-0.2, 0) is 24.7 Å².